The van der Waals surface area contributed by atoms with Crippen LogP contribution >= 0.6 is 0 Å². The zero-order valence-electron chi connectivity index (χ0n) is 14.9. The van der Waals surface area contributed by atoms with Gasteiger partial charge in [0.25, 0.3) is 5.91 Å². The topological polar surface area (TPSA) is 88.8 Å². The van der Waals surface area contributed by atoms with Crippen LogP contribution in [0.4, 0.5) is 0 Å². The molecule has 2 aliphatic rings. The molecule has 0 spiro atoms. The highest BCUT2D eigenvalue weighted by Crippen LogP contribution is 2.30. The summed E-state index contributed by atoms with van der Waals surface area (Å²) in [6.07, 6.45) is 5.78. The number of fused-ring (bicyclic) bond motifs is 1. The quantitative estimate of drug-likeness (QED) is 0.879. The third-order valence-electron chi connectivity index (χ3n) is 5.39. The van der Waals surface area contributed by atoms with E-state index >= 15 is 0 Å². The molecule has 4 rings (SSSR count). The first kappa shape index (κ1) is 17.0. The second-order valence-electron chi connectivity index (χ2n) is 6.90. The molecule has 2 aliphatic heterocycles. The van der Waals surface area contributed by atoms with Gasteiger partial charge in [0.2, 0.25) is 5.91 Å². The van der Waals surface area contributed by atoms with Crippen molar-refractivity contribution in [3.05, 3.63) is 29.7 Å². The zero-order chi connectivity index (χ0) is 18.1. The maximum atomic E-state index is 12.8. The van der Waals surface area contributed by atoms with E-state index in [-0.39, 0.29) is 23.7 Å². The molecule has 0 aliphatic carbocycles. The van der Waals surface area contributed by atoms with Crippen LogP contribution in [0.15, 0.2) is 18.5 Å². The predicted octanol–water partition coefficient (Wildman–Crippen LogP) is 0.831. The van der Waals surface area contributed by atoms with E-state index in [1.807, 2.05) is 11.0 Å². The molecule has 8 nitrogen and oxygen atoms in total. The number of aromatic nitrogens is 3. The Morgan fingerprint density at radius 2 is 2.08 bits per heavy atom. The number of nitrogens with zero attached hydrogens (tertiary/aromatic N) is 4. The summed E-state index contributed by atoms with van der Waals surface area (Å²) in [5.41, 5.74) is 2.01. The Morgan fingerprint density at radius 1 is 1.27 bits per heavy atom. The molecule has 4 heterocycles. The van der Waals surface area contributed by atoms with Crippen molar-refractivity contribution in [2.75, 3.05) is 33.4 Å². The maximum Gasteiger partial charge on any atom is 0.256 e. The Morgan fingerprint density at radius 3 is 2.85 bits per heavy atom. The van der Waals surface area contributed by atoms with Gasteiger partial charge in [-0.1, -0.05) is 0 Å². The molecule has 0 saturated carbocycles. The van der Waals surface area contributed by atoms with Gasteiger partial charge in [0.1, 0.15) is 5.56 Å². The van der Waals surface area contributed by atoms with Crippen LogP contribution in [0.3, 0.4) is 0 Å². The van der Waals surface area contributed by atoms with Crippen LogP contribution in [0.2, 0.25) is 0 Å². The van der Waals surface area contributed by atoms with E-state index in [0.29, 0.717) is 31.0 Å². The number of likely N-dealkylation sites (tertiary alicyclic amines) is 1. The van der Waals surface area contributed by atoms with E-state index in [9.17, 15) is 9.59 Å². The molecule has 2 fully saturated rings. The Bertz CT molecular complexity index is 827. The number of carbonyl (C=O) groups excluding carboxylic acids is 2. The first-order valence-electron chi connectivity index (χ1n) is 9.10. The van der Waals surface area contributed by atoms with Crippen LogP contribution in [0, 0.1) is 5.92 Å². The normalized spacial score (nSPS) is 21.3. The highest BCUT2D eigenvalue weighted by Gasteiger charge is 2.33. The summed E-state index contributed by atoms with van der Waals surface area (Å²) in [6.45, 7) is 2.79. The van der Waals surface area contributed by atoms with E-state index in [1.165, 1.54) is 0 Å². The minimum Gasteiger partial charge on any atom is -0.381 e. The van der Waals surface area contributed by atoms with Gasteiger partial charge in [0.05, 0.1) is 11.9 Å². The summed E-state index contributed by atoms with van der Waals surface area (Å²) in [6, 6.07) is 1.93. The molecule has 2 amide bonds. The lowest BCUT2D eigenvalue weighted by atomic mass is 9.99. The SMILES string of the molecule is CNC(=O)c1cnn2c([C@@H]3CCN(C(=O)C4CCOCC4)C3)ccnc12. The number of nitrogens with one attached hydrogen (secondary N) is 1. The van der Waals surface area contributed by atoms with Gasteiger partial charge < -0.3 is 15.0 Å². The van der Waals surface area contributed by atoms with E-state index in [2.05, 4.69) is 15.4 Å². The molecule has 138 valence electrons. The molecular weight excluding hydrogens is 334 g/mol. The van der Waals surface area contributed by atoms with Crippen molar-refractivity contribution in [3.8, 4) is 0 Å². The molecule has 1 atom stereocenters. The highest BCUT2D eigenvalue weighted by atomic mass is 16.5. The number of rotatable bonds is 3. The number of carbonyl (C=O) groups is 2. The molecule has 0 radical (unpaired) electrons. The van der Waals surface area contributed by atoms with Crippen molar-refractivity contribution in [2.45, 2.75) is 25.2 Å². The number of ether oxygens (including phenoxy) is 1. The van der Waals surface area contributed by atoms with Crippen LogP contribution in [-0.2, 0) is 9.53 Å². The Hall–Kier alpha value is -2.48. The number of amides is 2. The molecule has 2 aromatic rings. The summed E-state index contributed by atoms with van der Waals surface area (Å²) < 4.78 is 7.09. The lowest BCUT2D eigenvalue weighted by Gasteiger charge is -2.26. The smallest absolute Gasteiger partial charge is 0.256 e. The van der Waals surface area contributed by atoms with Crippen molar-refractivity contribution in [1.29, 1.82) is 0 Å². The standard InChI is InChI=1S/C18H23N5O3/c1-19-17(24)14-10-21-23-15(2-6-20-16(14)23)13-3-7-22(11-13)18(25)12-4-8-26-9-5-12/h2,6,10,12-13H,3-5,7-9,11H2,1H3,(H,19,24)/t13-/m1/s1. The molecule has 0 bridgehead atoms. The van der Waals surface area contributed by atoms with Crippen LogP contribution in [0.25, 0.3) is 5.65 Å². The van der Waals surface area contributed by atoms with Crippen molar-refractivity contribution in [3.63, 3.8) is 0 Å². The van der Waals surface area contributed by atoms with Crippen LogP contribution < -0.4 is 5.32 Å². The molecule has 26 heavy (non-hydrogen) atoms. The van der Waals surface area contributed by atoms with Gasteiger partial charge in [-0.3, -0.25) is 9.59 Å². The average molecular weight is 357 g/mol. The number of hydrogen-bond donors (Lipinski definition) is 1. The Kier molecular flexibility index (Phi) is 4.58. The molecule has 1 N–H and O–H groups in total. The minimum atomic E-state index is -0.201. The summed E-state index contributed by atoms with van der Waals surface area (Å²) in [5, 5.41) is 6.98. The van der Waals surface area contributed by atoms with Gasteiger partial charge in [-0.2, -0.15) is 5.10 Å². The lowest BCUT2D eigenvalue weighted by Crippen LogP contribution is -2.37. The van der Waals surface area contributed by atoms with Crippen LogP contribution in [0.5, 0.6) is 0 Å². The third-order valence-corrected chi connectivity index (χ3v) is 5.39. The fourth-order valence-electron chi connectivity index (χ4n) is 3.92. The summed E-state index contributed by atoms with van der Waals surface area (Å²) >= 11 is 0. The van der Waals surface area contributed by atoms with Gasteiger partial charge in [0, 0.05) is 51.4 Å². The second kappa shape index (κ2) is 7.03. The number of hydrogen-bond acceptors (Lipinski definition) is 5. The summed E-state index contributed by atoms with van der Waals surface area (Å²) in [4.78, 5) is 31.0. The first-order valence-corrected chi connectivity index (χ1v) is 9.10. The molecular formula is C18H23N5O3. The molecule has 0 unspecified atom stereocenters. The fourth-order valence-corrected chi connectivity index (χ4v) is 3.92. The van der Waals surface area contributed by atoms with Gasteiger partial charge in [-0.25, -0.2) is 9.50 Å². The fraction of sp³-hybridized carbons (Fsp3) is 0.556. The van der Waals surface area contributed by atoms with E-state index in [0.717, 1.165) is 31.5 Å². The second-order valence-corrected chi connectivity index (χ2v) is 6.90. The minimum absolute atomic E-state index is 0.0875. The first-order chi connectivity index (χ1) is 12.7. The monoisotopic (exact) mass is 357 g/mol. The van der Waals surface area contributed by atoms with Gasteiger partial charge in [-0.05, 0) is 25.3 Å². The Labute approximate surface area is 151 Å². The average Bonchev–Trinajstić information content (AvgIpc) is 3.34. The van der Waals surface area contributed by atoms with E-state index in [1.54, 1.807) is 24.0 Å². The van der Waals surface area contributed by atoms with Crippen LogP contribution in [0.1, 0.15) is 41.2 Å². The van der Waals surface area contributed by atoms with Crippen LogP contribution in [-0.4, -0.2) is 64.7 Å². The Balaban J connectivity index is 1.54. The zero-order valence-corrected chi connectivity index (χ0v) is 14.9. The van der Waals surface area contributed by atoms with Crippen molar-refractivity contribution in [1.82, 2.24) is 24.8 Å². The molecule has 8 heteroatoms. The predicted molar refractivity (Wildman–Crippen MR) is 93.9 cm³/mol. The van der Waals surface area contributed by atoms with Gasteiger partial charge in [0.15, 0.2) is 5.65 Å². The summed E-state index contributed by atoms with van der Waals surface area (Å²) in [5.74, 6) is 0.325. The lowest BCUT2D eigenvalue weighted by molar-refractivity contribution is -0.137. The molecule has 2 aromatic heterocycles. The van der Waals surface area contributed by atoms with E-state index in [4.69, 9.17) is 4.74 Å². The summed E-state index contributed by atoms with van der Waals surface area (Å²) in [7, 11) is 1.59. The van der Waals surface area contributed by atoms with Crippen molar-refractivity contribution >= 4 is 17.5 Å². The largest absolute Gasteiger partial charge is 0.381 e. The molecule has 0 aromatic carbocycles. The van der Waals surface area contributed by atoms with Crippen molar-refractivity contribution < 1.29 is 14.3 Å². The maximum absolute atomic E-state index is 12.8. The molecule has 2 saturated heterocycles. The van der Waals surface area contributed by atoms with Gasteiger partial charge >= 0.3 is 0 Å². The highest BCUT2D eigenvalue weighted by molar-refractivity contribution is 5.99. The van der Waals surface area contributed by atoms with Crippen molar-refractivity contribution in [2.24, 2.45) is 5.92 Å². The van der Waals surface area contributed by atoms with E-state index < -0.39 is 0 Å². The van der Waals surface area contributed by atoms with Gasteiger partial charge in [-0.15, -0.1) is 0 Å². The third kappa shape index (κ3) is 2.94.